The highest BCUT2D eigenvalue weighted by Gasteiger charge is 2.23. The van der Waals surface area contributed by atoms with Crippen LogP contribution in [0.3, 0.4) is 0 Å². The van der Waals surface area contributed by atoms with Gasteiger partial charge in [0, 0.05) is 25.2 Å². The topological polar surface area (TPSA) is 124 Å². The molecule has 2 aliphatic rings. The van der Waals surface area contributed by atoms with E-state index in [1.165, 1.54) is 12.8 Å². The van der Waals surface area contributed by atoms with Crippen molar-refractivity contribution in [3.05, 3.63) is 35.2 Å². The molecule has 1 unspecified atom stereocenters. The third kappa shape index (κ3) is 7.41. The summed E-state index contributed by atoms with van der Waals surface area (Å²) in [6, 6.07) is 5.39. The van der Waals surface area contributed by atoms with Gasteiger partial charge in [0.15, 0.2) is 0 Å². The van der Waals surface area contributed by atoms with Gasteiger partial charge < -0.3 is 29.7 Å². The van der Waals surface area contributed by atoms with E-state index in [4.69, 9.17) is 14.4 Å². The molecule has 2 aliphatic heterocycles. The number of likely N-dealkylation sites (tertiary alicyclic amines) is 1. The minimum atomic E-state index is -0.958. The maximum Gasteiger partial charge on any atom is 0.266 e. The second kappa shape index (κ2) is 13.0. The van der Waals surface area contributed by atoms with Crippen molar-refractivity contribution in [1.29, 1.82) is 0 Å². The summed E-state index contributed by atoms with van der Waals surface area (Å²) in [6.45, 7) is 7.02. The van der Waals surface area contributed by atoms with Gasteiger partial charge in [0.1, 0.15) is 5.75 Å². The van der Waals surface area contributed by atoms with Crippen molar-refractivity contribution in [3.8, 4) is 5.75 Å². The number of amides is 1. The van der Waals surface area contributed by atoms with Crippen LogP contribution in [-0.2, 0) is 6.54 Å². The first-order valence-electron chi connectivity index (χ1n) is 13.1. The van der Waals surface area contributed by atoms with E-state index in [9.17, 15) is 9.90 Å². The van der Waals surface area contributed by atoms with E-state index in [0.29, 0.717) is 18.1 Å². The smallest absolute Gasteiger partial charge is 0.266 e. The van der Waals surface area contributed by atoms with Crippen molar-refractivity contribution < 1.29 is 24.3 Å². The van der Waals surface area contributed by atoms with E-state index in [1.54, 1.807) is 12.1 Å². The first-order valence-corrected chi connectivity index (χ1v) is 13.1. The summed E-state index contributed by atoms with van der Waals surface area (Å²) in [7, 11) is 0. The van der Waals surface area contributed by atoms with Crippen molar-refractivity contribution in [2.75, 3.05) is 50.8 Å². The fraction of sp³-hybridized carbons (Fsp3) is 0.654. The molecule has 2 saturated heterocycles. The first-order chi connectivity index (χ1) is 17.5. The molecule has 36 heavy (non-hydrogen) atoms. The highest BCUT2D eigenvalue weighted by Crippen LogP contribution is 2.25. The predicted molar refractivity (Wildman–Crippen MR) is 135 cm³/mol. The molecule has 4 rings (SSSR count). The third-order valence-corrected chi connectivity index (χ3v) is 7.09. The van der Waals surface area contributed by atoms with Gasteiger partial charge in [-0.3, -0.25) is 9.69 Å². The minimum Gasteiger partial charge on any atom is -0.494 e. The summed E-state index contributed by atoms with van der Waals surface area (Å²) < 4.78 is 11.4. The largest absolute Gasteiger partial charge is 0.494 e. The number of aromatic nitrogens is 2. The summed E-state index contributed by atoms with van der Waals surface area (Å²) in [5.74, 6) is 2.58. The Morgan fingerprint density at radius 3 is 2.75 bits per heavy atom. The van der Waals surface area contributed by atoms with Crippen LogP contribution in [0, 0.1) is 12.8 Å². The molecule has 198 valence electrons. The van der Waals surface area contributed by atoms with Gasteiger partial charge in [0.05, 0.1) is 25.9 Å². The number of ether oxygens (including phenoxy) is 1. The Morgan fingerprint density at radius 2 is 2.03 bits per heavy atom. The fourth-order valence-corrected chi connectivity index (χ4v) is 4.91. The number of carbonyl (C=O) groups is 1. The highest BCUT2D eigenvalue weighted by atomic mass is 16.5. The Morgan fingerprint density at radius 1 is 1.25 bits per heavy atom. The second-order valence-corrected chi connectivity index (χ2v) is 9.92. The van der Waals surface area contributed by atoms with E-state index in [2.05, 4.69) is 25.3 Å². The number of nitrogens with one attached hydrogen (secondary N) is 1. The van der Waals surface area contributed by atoms with Gasteiger partial charge in [0.2, 0.25) is 5.89 Å². The quantitative estimate of drug-likeness (QED) is 0.375. The maximum absolute atomic E-state index is 12.3. The highest BCUT2D eigenvalue weighted by molar-refractivity contribution is 5.95. The number of aliphatic hydroxyl groups is 2. The number of carbonyl (C=O) groups excluding carboxylic acids is 1. The summed E-state index contributed by atoms with van der Waals surface area (Å²) in [4.78, 5) is 21.5. The Labute approximate surface area is 212 Å². The number of aryl methyl sites for hydroxylation is 1. The van der Waals surface area contributed by atoms with Crippen LogP contribution in [0.1, 0.15) is 60.3 Å². The average Bonchev–Trinajstić information content (AvgIpc) is 3.58. The number of nitrogens with zero attached hydrogens (tertiary/aromatic N) is 4. The number of hydrogen-bond donors (Lipinski definition) is 3. The Hall–Kier alpha value is -2.69. The molecule has 3 heterocycles. The van der Waals surface area contributed by atoms with Crippen LogP contribution in [0.4, 0.5) is 5.95 Å². The molecule has 3 N–H and O–H groups in total. The van der Waals surface area contributed by atoms with E-state index in [1.807, 2.05) is 13.0 Å². The van der Waals surface area contributed by atoms with Gasteiger partial charge >= 0.3 is 0 Å². The van der Waals surface area contributed by atoms with Crippen LogP contribution in [0.25, 0.3) is 0 Å². The summed E-state index contributed by atoms with van der Waals surface area (Å²) in [5.41, 5.74) is 1.34. The summed E-state index contributed by atoms with van der Waals surface area (Å²) >= 11 is 0. The molecule has 1 aromatic heterocycles. The number of hydrogen-bond acceptors (Lipinski definition) is 9. The molecule has 1 aromatic carbocycles. The van der Waals surface area contributed by atoms with Crippen molar-refractivity contribution in [2.45, 2.75) is 58.1 Å². The van der Waals surface area contributed by atoms with Crippen LogP contribution in [0.2, 0.25) is 0 Å². The van der Waals surface area contributed by atoms with Crippen molar-refractivity contribution in [3.63, 3.8) is 0 Å². The number of anilines is 1. The molecule has 1 atom stereocenters. The molecule has 0 spiro atoms. The Bertz CT molecular complexity index is 969. The van der Waals surface area contributed by atoms with Gasteiger partial charge in [-0.15, -0.1) is 0 Å². The lowest BCUT2D eigenvalue weighted by atomic mass is 9.92. The van der Waals surface area contributed by atoms with Gasteiger partial charge in [-0.1, -0.05) is 0 Å². The zero-order valence-corrected chi connectivity index (χ0v) is 21.2. The molecule has 10 nitrogen and oxygen atoms in total. The minimum absolute atomic E-state index is 0.0147. The van der Waals surface area contributed by atoms with E-state index in [-0.39, 0.29) is 19.1 Å². The zero-order chi connectivity index (χ0) is 25.3. The van der Waals surface area contributed by atoms with Crippen molar-refractivity contribution in [1.82, 2.24) is 20.4 Å². The lowest BCUT2D eigenvalue weighted by molar-refractivity contribution is 0.0801. The van der Waals surface area contributed by atoms with E-state index in [0.717, 1.165) is 81.6 Å². The molecular weight excluding hydrogens is 462 g/mol. The lowest BCUT2D eigenvalue weighted by Crippen LogP contribution is -2.34. The summed E-state index contributed by atoms with van der Waals surface area (Å²) in [5, 5.41) is 25.1. The standard InChI is InChI=1S/C26H39N5O5/c1-19-15-22(6-7-23(19)25(34)27-16-21(33)18-32)35-14-4-5-20-8-12-31(13-9-20)26-28-24(36-29-26)17-30-10-2-3-11-30/h6-7,15,20-21,32-33H,2-5,8-14,16-18H2,1H3,(H,27,34). The molecule has 0 bridgehead atoms. The normalized spacial score (nSPS) is 17.9. The second-order valence-electron chi connectivity index (χ2n) is 9.92. The molecule has 1 amide bonds. The van der Waals surface area contributed by atoms with Crippen LogP contribution >= 0.6 is 0 Å². The molecule has 2 fully saturated rings. The first kappa shape index (κ1) is 26.4. The number of rotatable bonds is 12. The third-order valence-electron chi connectivity index (χ3n) is 7.09. The van der Waals surface area contributed by atoms with Gasteiger partial charge in [0.25, 0.3) is 11.9 Å². The number of aliphatic hydroxyl groups excluding tert-OH is 2. The SMILES string of the molecule is Cc1cc(OCCCC2CCN(c3noc(CN4CCCC4)n3)CC2)ccc1C(=O)NCC(O)CO. The predicted octanol–water partition coefficient (Wildman–Crippen LogP) is 2.13. The average molecular weight is 502 g/mol. The van der Waals surface area contributed by atoms with E-state index >= 15 is 0 Å². The Kier molecular flexibility index (Phi) is 9.54. The molecular formula is C26H39N5O5. The van der Waals surface area contributed by atoms with Gasteiger partial charge in [-0.2, -0.15) is 4.98 Å². The molecule has 2 aromatic rings. The maximum atomic E-state index is 12.3. The molecule has 0 aliphatic carbocycles. The molecule has 10 heteroatoms. The molecule has 0 saturated carbocycles. The number of piperidine rings is 1. The van der Waals surface area contributed by atoms with Crippen molar-refractivity contribution >= 4 is 11.9 Å². The Balaban J connectivity index is 1.13. The lowest BCUT2D eigenvalue weighted by Gasteiger charge is -2.30. The fourth-order valence-electron chi connectivity index (χ4n) is 4.91. The zero-order valence-electron chi connectivity index (χ0n) is 21.2. The van der Waals surface area contributed by atoms with Gasteiger partial charge in [-0.05, 0) is 93.4 Å². The molecule has 0 radical (unpaired) electrons. The van der Waals surface area contributed by atoms with Crippen LogP contribution in [-0.4, -0.2) is 83.2 Å². The van der Waals surface area contributed by atoms with Crippen molar-refractivity contribution in [2.24, 2.45) is 5.92 Å². The summed E-state index contributed by atoms with van der Waals surface area (Å²) in [6.07, 6.45) is 5.88. The van der Waals surface area contributed by atoms with E-state index < -0.39 is 6.10 Å². The van der Waals surface area contributed by atoms with Gasteiger partial charge in [-0.25, -0.2) is 0 Å². The van der Waals surface area contributed by atoms with Crippen LogP contribution < -0.4 is 15.0 Å². The van der Waals surface area contributed by atoms with Crippen LogP contribution in [0.5, 0.6) is 5.75 Å². The van der Waals surface area contributed by atoms with Crippen LogP contribution in [0.15, 0.2) is 22.7 Å². The number of benzene rings is 1. The monoisotopic (exact) mass is 501 g/mol.